The first-order valence-corrected chi connectivity index (χ1v) is 6.05. The topological polar surface area (TPSA) is 106 Å². The Hall–Kier alpha value is -1.93. The molecule has 1 aromatic heterocycles. The molecule has 0 aromatic carbocycles. The number of rotatable bonds is 2. The van der Waals surface area contributed by atoms with Crippen molar-refractivity contribution in [2.75, 3.05) is 17.2 Å². The van der Waals surface area contributed by atoms with Crippen LogP contribution in [0.5, 0.6) is 0 Å². The zero-order chi connectivity index (χ0) is 13.1. The zero-order valence-corrected chi connectivity index (χ0v) is 10.0. The fourth-order valence-electron chi connectivity index (χ4n) is 1.48. The van der Waals surface area contributed by atoms with Crippen molar-refractivity contribution in [3.63, 3.8) is 0 Å². The van der Waals surface area contributed by atoms with Crippen LogP contribution in [0.4, 0.5) is 5.82 Å². The second-order valence-corrected chi connectivity index (χ2v) is 4.55. The van der Waals surface area contributed by atoms with E-state index in [1.54, 1.807) is 5.48 Å². The number of pyridine rings is 1. The molecule has 1 fully saturated rings. The smallest absolute Gasteiger partial charge is 0.290 e. The Kier molecular flexibility index (Phi) is 3.58. The lowest BCUT2D eigenvalue weighted by Gasteiger charge is -2.24. The van der Waals surface area contributed by atoms with Crippen molar-refractivity contribution in [3.8, 4) is 0 Å². The summed E-state index contributed by atoms with van der Waals surface area (Å²) >= 11 is 1.00. The van der Waals surface area contributed by atoms with Gasteiger partial charge in [-0.25, -0.2) is 4.98 Å². The molecule has 7 nitrogen and oxygen atoms in total. The highest BCUT2D eigenvalue weighted by molar-refractivity contribution is 8.15. The molecular weight excluding hydrogens is 256 g/mol. The Bertz CT molecular complexity index is 502. The standard InChI is InChI=1S/C10H10N4O3S/c11-8(13-17)6-1-2-7(12-5-6)14-3-4-18-10(16)9(14)15/h1-2,5,17H,3-4H2,(H2,11,13). The molecule has 0 atom stereocenters. The van der Waals surface area contributed by atoms with Crippen molar-refractivity contribution < 1.29 is 14.8 Å². The highest BCUT2D eigenvalue weighted by atomic mass is 32.2. The van der Waals surface area contributed by atoms with Gasteiger partial charge in [-0.15, -0.1) is 0 Å². The molecule has 0 spiro atoms. The summed E-state index contributed by atoms with van der Waals surface area (Å²) in [5, 5.41) is 15.4. The number of aromatic nitrogens is 1. The molecule has 0 aliphatic carbocycles. The molecule has 0 bridgehead atoms. The average molecular weight is 266 g/mol. The van der Waals surface area contributed by atoms with E-state index in [4.69, 9.17) is 10.6 Å². The van der Waals surface area contributed by atoms with E-state index >= 15 is 0 Å². The lowest BCUT2D eigenvalue weighted by molar-refractivity contribution is -0.131. The van der Waals surface area contributed by atoms with Crippen molar-refractivity contribution >= 4 is 34.4 Å². The maximum atomic E-state index is 11.6. The highest BCUT2D eigenvalue weighted by Crippen LogP contribution is 2.19. The van der Waals surface area contributed by atoms with Crippen LogP contribution in [0.1, 0.15) is 5.56 Å². The van der Waals surface area contributed by atoms with Crippen molar-refractivity contribution in [3.05, 3.63) is 23.9 Å². The first-order valence-electron chi connectivity index (χ1n) is 5.07. The van der Waals surface area contributed by atoms with E-state index in [1.165, 1.54) is 23.2 Å². The number of amides is 1. The Morgan fingerprint density at radius 1 is 1.50 bits per heavy atom. The predicted octanol–water partition coefficient (Wildman–Crippen LogP) is -0.00783. The number of thioether (sulfide) groups is 1. The van der Waals surface area contributed by atoms with E-state index in [0.717, 1.165) is 11.8 Å². The van der Waals surface area contributed by atoms with Gasteiger partial charge in [-0.05, 0) is 12.1 Å². The van der Waals surface area contributed by atoms with E-state index in [0.29, 0.717) is 23.7 Å². The summed E-state index contributed by atoms with van der Waals surface area (Å²) in [7, 11) is 0. The van der Waals surface area contributed by atoms with Gasteiger partial charge < -0.3 is 0 Å². The SMILES string of the molecule is N=C(NO)c1ccc(N2CCSC(=O)C2=O)nc1. The molecule has 18 heavy (non-hydrogen) atoms. The summed E-state index contributed by atoms with van der Waals surface area (Å²) in [6, 6.07) is 3.07. The second kappa shape index (κ2) is 5.15. The van der Waals surface area contributed by atoms with E-state index in [9.17, 15) is 9.59 Å². The summed E-state index contributed by atoms with van der Waals surface area (Å²) in [5.41, 5.74) is 2.08. The maximum absolute atomic E-state index is 11.6. The van der Waals surface area contributed by atoms with Crippen LogP contribution in [0.2, 0.25) is 0 Å². The molecule has 8 heteroatoms. The van der Waals surface area contributed by atoms with E-state index in [-0.39, 0.29) is 5.84 Å². The predicted molar refractivity (Wildman–Crippen MR) is 65.8 cm³/mol. The number of anilines is 1. The second-order valence-electron chi connectivity index (χ2n) is 3.48. The molecule has 0 radical (unpaired) electrons. The Labute approximate surface area is 107 Å². The number of carbonyl (C=O) groups is 2. The van der Waals surface area contributed by atoms with Gasteiger partial charge in [-0.2, -0.15) is 0 Å². The van der Waals surface area contributed by atoms with Crippen molar-refractivity contribution in [1.82, 2.24) is 10.5 Å². The van der Waals surface area contributed by atoms with Gasteiger partial charge in [-0.1, -0.05) is 11.8 Å². The molecule has 94 valence electrons. The molecule has 1 aromatic rings. The van der Waals surface area contributed by atoms with Gasteiger partial charge in [-0.3, -0.25) is 30.6 Å². The number of hydrogen-bond acceptors (Lipinski definition) is 6. The van der Waals surface area contributed by atoms with Gasteiger partial charge in [0, 0.05) is 24.1 Å². The minimum atomic E-state index is -0.582. The largest absolute Gasteiger partial charge is 0.306 e. The van der Waals surface area contributed by atoms with Crippen LogP contribution in [0, 0.1) is 5.41 Å². The van der Waals surface area contributed by atoms with Gasteiger partial charge in [0.1, 0.15) is 5.82 Å². The third-order valence-corrected chi connectivity index (χ3v) is 3.22. The number of nitrogens with one attached hydrogen (secondary N) is 2. The number of hydroxylamine groups is 1. The maximum Gasteiger partial charge on any atom is 0.306 e. The molecule has 1 aliphatic heterocycles. The zero-order valence-electron chi connectivity index (χ0n) is 9.21. The molecule has 3 N–H and O–H groups in total. The van der Waals surface area contributed by atoms with Crippen LogP contribution < -0.4 is 10.4 Å². The van der Waals surface area contributed by atoms with Crippen LogP contribution in [-0.2, 0) is 9.59 Å². The molecule has 1 saturated heterocycles. The normalized spacial score (nSPS) is 15.7. The van der Waals surface area contributed by atoms with Crippen LogP contribution >= 0.6 is 11.8 Å². The first kappa shape index (κ1) is 12.5. The number of hydrogen-bond donors (Lipinski definition) is 3. The molecule has 2 heterocycles. The lowest BCUT2D eigenvalue weighted by Crippen LogP contribution is -2.41. The minimum absolute atomic E-state index is 0.189. The Balaban J connectivity index is 2.21. The number of amidine groups is 1. The van der Waals surface area contributed by atoms with Crippen molar-refractivity contribution in [1.29, 1.82) is 5.41 Å². The first-order chi connectivity index (χ1) is 8.63. The quantitative estimate of drug-likeness (QED) is 0.301. The molecule has 0 saturated carbocycles. The van der Waals surface area contributed by atoms with Gasteiger partial charge in [0.25, 0.3) is 5.12 Å². The van der Waals surface area contributed by atoms with Crippen molar-refractivity contribution in [2.24, 2.45) is 0 Å². The van der Waals surface area contributed by atoms with E-state index < -0.39 is 11.0 Å². The molecule has 2 rings (SSSR count). The fraction of sp³-hybridized carbons (Fsp3) is 0.200. The summed E-state index contributed by atoms with van der Waals surface area (Å²) in [6.07, 6.45) is 1.35. The van der Waals surface area contributed by atoms with Crippen LogP contribution in [0.3, 0.4) is 0 Å². The monoisotopic (exact) mass is 266 g/mol. The summed E-state index contributed by atoms with van der Waals surface area (Å²) in [4.78, 5) is 28.2. The number of nitrogens with zero attached hydrogens (tertiary/aromatic N) is 2. The fourth-order valence-corrected chi connectivity index (χ4v) is 2.17. The van der Waals surface area contributed by atoms with Gasteiger partial charge >= 0.3 is 5.91 Å². The summed E-state index contributed by atoms with van der Waals surface area (Å²) in [6.45, 7) is 0.428. The number of carbonyl (C=O) groups excluding carboxylic acids is 2. The minimum Gasteiger partial charge on any atom is -0.290 e. The van der Waals surface area contributed by atoms with Crippen LogP contribution in [-0.4, -0.2) is 39.3 Å². The molecular formula is C10H10N4O3S. The molecule has 1 aliphatic rings. The van der Waals surface area contributed by atoms with Crippen molar-refractivity contribution in [2.45, 2.75) is 0 Å². The van der Waals surface area contributed by atoms with Gasteiger partial charge in [0.05, 0.1) is 0 Å². The summed E-state index contributed by atoms with van der Waals surface area (Å²) in [5.74, 6) is 0.137. The summed E-state index contributed by atoms with van der Waals surface area (Å²) < 4.78 is 0. The lowest BCUT2D eigenvalue weighted by atomic mass is 10.2. The highest BCUT2D eigenvalue weighted by Gasteiger charge is 2.28. The van der Waals surface area contributed by atoms with Gasteiger partial charge in [0.2, 0.25) is 0 Å². The Morgan fingerprint density at radius 2 is 2.28 bits per heavy atom. The third kappa shape index (κ3) is 2.34. The van der Waals surface area contributed by atoms with Gasteiger partial charge in [0.15, 0.2) is 5.84 Å². The Morgan fingerprint density at radius 3 is 2.89 bits per heavy atom. The third-order valence-electron chi connectivity index (χ3n) is 2.39. The molecule has 0 unspecified atom stereocenters. The average Bonchev–Trinajstić information content (AvgIpc) is 2.41. The molecule has 1 amide bonds. The van der Waals surface area contributed by atoms with E-state index in [1.807, 2.05) is 0 Å². The van der Waals surface area contributed by atoms with E-state index in [2.05, 4.69) is 4.98 Å². The van der Waals surface area contributed by atoms with Crippen LogP contribution in [0.15, 0.2) is 18.3 Å². The van der Waals surface area contributed by atoms with Crippen LogP contribution in [0.25, 0.3) is 0 Å².